The smallest absolute Gasteiger partial charge is 0.232 e. The van der Waals surface area contributed by atoms with Crippen LogP contribution >= 0.6 is 0 Å². The molecule has 0 aromatic heterocycles. The predicted molar refractivity (Wildman–Crippen MR) is 73.3 cm³/mol. The van der Waals surface area contributed by atoms with Gasteiger partial charge in [-0.05, 0) is 31.9 Å². The van der Waals surface area contributed by atoms with E-state index in [1.54, 1.807) is 0 Å². The molecule has 1 amide bonds. The summed E-state index contributed by atoms with van der Waals surface area (Å²) in [6.45, 7) is 10.9. The van der Waals surface area contributed by atoms with Gasteiger partial charge >= 0.3 is 0 Å². The maximum atomic E-state index is 12.5. The van der Waals surface area contributed by atoms with Crippen molar-refractivity contribution in [2.75, 3.05) is 11.4 Å². The number of amides is 1. The van der Waals surface area contributed by atoms with Crippen LogP contribution in [0.1, 0.15) is 39.7 Å². The molecule has 1 rings (SSSR count). The van der Waals surface area contributed by atoms with Crippen molar-refractivity contribution in [3.63, 3.8) is 0 Å². The fourth-order valence-electron chi connectivity index (χ4n) is 1.81. The third-order valence-electron chi connectivity index (χ3n) is 3.43. The fourth-order valence-corrected chi connectivity index (χ4v) is 1.81. The second-order valence-corrected chi connectivity index (χ2v) is 5.07. The van der Waals surface area contributed by atoms with E-state index in [0.29, 0.717) is 6.54 Å². The van der Waals surface area contributed by atoms with E-state index >= 15 is 0 Å². The van der Waals surface area contributed by atoms with Gasteiger partial charge in [-0.15, -0.1) is 0 Å². The van der Waals surface area contributed by atoms with Crippen LogP contribution in [0.5, 0.6) is 0 Å². The molecule has 0 atom stereocenters. The predicted octanol–water partition coefficient (Wildman–Crippen LogP) is 3.78. The fraction of sp³-hybridized carbons (Fsp3) is 0.533. The summed E-state index contributed by atoms with van der Waals surface area (Å²) in [7, 11) is 0. The van der Waals surface area contributed by atoms with Crippen molar-refractivity contribution in [3.05, 3.63) is 29.8 Å². The molecule has 0 spiro atoms. The van der Waals surface area contributed by atoms with E-state index in [4.69, 9.17) is 0 Å². The molecule has 1 aromatic carbocycles. The lowest BCUT2D eigenvalue weighted by molar-refractivity contribution is -0.126. The number of aryl methyl sites for hydroxylation is 1. The Morgan fingerprint density at radius 2 is 1.82 bits per heavy atom. The highest BCUT2D eigenvalue weighted by molar-refractivity contribution is 5.97. The molecule has 0 bridgehead atoms. The van der Waals surface area contributed by atoms with Crippen molar-refractivity contribution in [1.29, 1.82) is 0 Å². The van der Waals surface area contributed by atoms with Crippen LogP contribution < -0.4 is 4.90 Å². The monoisotopic (exact) mass is 233 g/mol. The minimum atomic E-state index is -0.293. The van der Waals surface area contributed by atoms with Gasteiger partial charge in [0.05, 0.1) is 0 Å². The molecule has 0 aliphatic heterocycles. The van der Waals surface area contributed by atoms with Crippen molar-refractivity contribution in [3.8, 4) is 0 Å². The molecule has 1 aromatic rings. The zero-order chi connectivity index (χ0) is 13.1. The maximum Gasteiger partial charge on any atom is 0.232 e. The molecule has 0 fully saturated rings. The Bertz CT molecular complexity index is 396. The molecule has 2 nitrogen and oxygen atoms in total. The quantitative estimate of drug-likeness (QED) is 0.775. The zero-order valence-electron chi connectivity index (χ0n) is 11.6. The van der Waals surface area contributed by atoms with Crippen molar-refractivity contribution < 1.29 is 4.79 Å². The lowest BCUT2D eigenvalue weighted by atomic mass is 9.88. The van der Waals surface area contributed by atoms with Gasteiger partial charge in [0.15, 0.2) is 0 Å². The molecule has 0 N–H and O–H groups in total. The molecular weight excluding hydrogens is 210 g/mol. The number of nitrogens with zero attached hydrogens (tertiary/aromatic N) is 1. The second-order valence-electron chi connectivity index (χ2n) is 5.07. The minimum Gasteiger partial charge on any atom is -0.312 e. The topological polar surface area (TPSA) is 20.3 Å². The summed E-state index contributed by atoms with van der Waals surface area (Å²) in [5, 5.41) is 0. The Hall–Kier alpha value is -1.31. The molecule has 0 aliphatic carbocycles. The van der Waals surface area contributed by atoms with Crippen molar-refractivity contribution >= 4 is 11.6 Å². The van der Waals surface area contributed by atoms with Gasteiger partial charge in [-0.25, -0.2) is 0 Å². The number of rotatable bonds is 4. The Morgan fingerprint density at radius 1 is 1.24 bits per heavy atom. The summed E-state index contributed by atoms with van der Waals surface area (Å²) in [5.74, 6) is 0.205. The molecule has 17 heavy (non-hydrogen) atoms. The summed E-state index contributed by atoms with van der Waals surface area (Å²) >= 11 is 0. The maximum absolute atomic E-state index is 12.5. The number of hydrogen-bond donors (Lipinski definition) is 0. The first-order chi connectivity index (χ1) is 7.94. The van der Waals surface area contributed by atoms with Crippen LogP contribution in [0, 0.1) is 12.3 Å². The van der Waals surface area contributed by atoms with Crippen LogP contribution in [0.25, 0.3) is 0 Å². The van der Waals surface area contributed by atoms with Crippen LogP contribution in [0.15, 0.2) is 24.3 Å². The summed E-state index contributed by atoms with van der Waals surface area (Å²) in [6, 6.07) is 8.05. The third-order valence-corrected chi connectivity index (χ3v) is 3.43. The van der Waals surface area contributed by atoms with E-state index in [0.717, 1.165) is 17.7 Å². The Kier molecular flexibility index (Phi) is 4.33. The van der Waals surface area contributed by atoms with Gasteiger partial charge in [-0.2, -0.15) is 0 Å². The summed E-state index contributed by atoms with van der Waals surface area (Å²) < 4.78 is 0. The van der Waals surface area contributed by atoms with Crippen LogP contribution in [0.4, 0.5) is 5.69 Å². The number of benzene rings is 1. The van der Waals surface area contributed by atoms with E-state index < -0.39 is 0 Å². The first kappa shape index (κ1) is 13.8. The van der Waals surface area contributed by atoms with E-state index in [1.807, 2.05) is 56.9 Å². The third kappa shape index (κ3) is 2.87. The highest BCUT2D eigenvalue weighted by atomic mass is 16.2. The van der Waals surface area contributed by atoms with Crippen molar-refractivity contribution in [2.45, 2.75) is 41.0 Å². The molecule has 0 radical (unpaired) electrons. The highest BCUT2D eigenvalue weighted by Crippen LogP contribution is 2.28. The average Bonchev–Trinajstić information content (AvgIpc) is 2.32. The molecule has 0 saturated carbocycles. The lowest BCUT2D eigenvalue weighted by Crippen LogP contribution is -2.41. The van der Waals surface area contributed by atoms with Crippen LogP contribution in [-0.4, -0.2) is 12.5 Å². The molecular formula is C15H23NO. The zero-order valence-corrected chi connectivity index (χ0v) is 11.6. The highest BCUT2D eigenvalue weighted by Gasteiger charge is 2.30. The second kappa shape index (κ2) is 5.35. The molecule has 0 aliphatic rings. The summed E-state index contributed by atoms with van der Waals surface area (Å²) in [6.07, 6.45) is 0.855. The van der Waals surface area contributed by atoms with Gasteiger partial charge in [0.1, 0.15) is 0 Å². The molecule has 0 heterocycles. The first-order valence-corrected chi connectivity index (χ1v) is 6.31. The van der Waals surface area contributed by atoms with Crippen LogP contribution in [0.2, 0.25) is 0 Å². The standard InChI is InChI=1S/C15H23NO/c1-6-15(4,5)14(17)16(7-2)13-11-9-8-10-12(13)3/h8-11H,6-7H2,1-5H3. The van der Waals surface area contributed by atoms with Gasteiger partial charge in [0.25, 0.3) is 0 Å². The number of anilines is 1. The lowest BCUT2D eigenvalue weighted by Gasteiger charge is -2.31. The molecule has 0 saturated heterocycles. The number of hydrogen-bond acceptors (Lipinski definition) is 1. The Labute approximate surface area is 105 Å². The van der Waals surface area contributed by atoms with E-state index in [1.165, 1.54) is 0 Å². The largest absolute Gasteiger partial charge is 0.312 e. The Morgan fingerprint density at radius 3 is 2.29 bits per heavy atom. The normalized spacial score (nSPS) is 11.4. The molecule has 2 heteroatoms. The van der Waals surface area contributed by atoms with Crippen molar-refractivity contribution in [1.82, 2.24) is 0 Å². The number of carbonyl (C=O) groups is 1. The van der Waals surface area contributed by atoms with Gasteiger partial charge < -0.3 is 4.90 Å². The van der Waals surface area contributed by atoms with Crippen molar-refractivity contribution in [2.24, 2.45) is 5.41 Å². The van der Waals surface area contributed by atoms with Gasteiger partial charge in [0, 0.05) is 17.6 Å². The first-order valence-electron chi connectivity index (χ1n) is 6.31. The number of carbonyl (C=O) groups excluding carboxylic acids is 1. The molecule has 0 unspecified atom stereocenters. The summed E-state index contributed by atoms with van der Waals surface area (Å²) in [4.78, 5) is 14.4. The van der Waals surface area contributed by atoms with E-state index in [-0.39, 0.29) is 11.3 Å². The molecule has 94 valence electrons. The van der Waals surface area contributed by atoms with E-state index in [9.17, 15) is 4.79 Å². The van der Waals surface area contributed by atoms with Gasteiger partial charge in [-0.3, -0.25) is 4.79 Å². The summed E-state index contributed by atoms with van der Waals surface area (Å²) in [5.41, 5.74) is 1.88. The Balaban J connectivity index is 3.09. The number of para-hydroxylation sites is 1. The minimum absolute atomic E-state index is 0.205. The van der Waals surface area contributed by atoms with E-state index in [2.05, 4.69) is 6.92 Å². The van der Waals surface area contributed by atoms with Crippen LogP contribution in [-0.2, 0) is 4.79 Å². The van der Waals surface area contributed by atoms with Gasteiger partial charge in [0.2, 0.25) is 5.91 Å². The SMILES string of the molecule is CCN(C(=O)C(C)(C)CC)c1ccccc1C. The average molecular weight is 233 g/mol. The van der Waals surface area contributed by atoms with Crippen LogP contribution in [0.3, 0.4) is 0 Å². The van der Waals surface area contributed by atoms with Gasteiger partial charge in [-0.1, -0.05) is 39.0 Å².